The maximum atomic E-state index is 13.3. The molecule has 0 aromatic heterocycles. The van der Waals surface area contributed by atoms with Crippen molar-refractivity contribution >= 4 is 11.4 Å². The van der Waals surface area contributed by atoms with Gasteiger partial charge in [0.15, 0.2) is 0 Å². The standard InChI is InChI=1S/C11H17FN2O/c1-7(5-8(2)15)14-11-4-3-9(13)6-10(11)12/h3-4,6-8,14-15H,5,13H2,1-2H3. The van der Waals surface area contributed by atoms with Crippen LogP contribution in [0.15, 0.2) is 18.2 Å². The highest BCUT2D eigenvalue weighted by Crippen LogP contribution is 2.18. The van der Waals surface area contributed by atoms with Gasteiger partial charge in [0, 0.05) is 11.7 Å². The molecule has 0 radical (unpaired) electrons. The molecule has 0 saturated carbocycles. The minimum atomic E-state index is -0.399. The van der Waals surface area contributed by atoms with Gasteiger partial charge in [0.2, 0.25) is 0 Å². The fraction of sp³-hybridized carbons (Fsp3) is 0.455. The van der Waals surface area contributed by atoms with Crippen molar-refractivity contribution in [2.75, 3.05) is 11.1 Å². The largest absolute Gasteiger partial charge is 0.399 e. The minimum Gasteiger partial charge on any atom is -0.399 e. The number of nitrogens with two attached hydrogens (primary N) is 1. The zero-order valence-electron chi connectivity index (χ0n) is 9.00. The molecule has 0 saturated heterocycles. The zero-order valence-corrected chi connectivity index (χ0v) is 9.00. The Morgan fingerprint density at radius 1 is 1.47 bits per heavy atom. The Morgan fingerprint density at radius 2 is 2.13 bits per heavy atom. The van der Waals surface area contributed by atoms with Crippen molar-refractivity contribution in [2.45, 2.75) is 32.4 Å². The quantitative estimate of drug-likeness (QED) is 0.669. The number of aliphatic hydroxyl groups excluding tert-OH is 1. The summed E-state index contributed by atoms with van der Waals surface area (Å²) >= 11 is 0. The summed E-state index contributed by atoms with van der Waals surface area (Å²) in [7, 11) is 0. The summed E-state index contributed by atoms with van der Waals surface area (Å²) in [4.78, 5) is 0. The van der Waals surface area contributed by atoms with E-state index in [0.717, 1.165) is 0 Å². The van der Waals surface area contributed by atoms with Gasteiger partial charge < -0.3 is 16.2 Å². The van der Waals surface area contributed by atoms with Crippen LogP contribution in [0.3, 0.4) is 0 Å². The van der Waals surface area contributed by atoms with Gasteiger partial charge in [-0.2, -0.15) is 0 Å². The first-order valence-corrected chi connectivity index (χ1v) is 4.98. The second kappa shape index (κ2) is 4.98. The Hall–Kier alpha value is -1.29. The molecule has 0 aliphatic rings. The number of nitrogens with one attached hydrogen (secondary N) is 1. The van der Waals surface area contributed by atoms with Crippen LogP contribution in [0.5, 0.6) is 0 Å². The van der Waals surface area contributed by atoms with E-state index in [-0.39, 0.29) is 11.9 Å². The lowest BCUT2D eigenvalue weighted by Gasteiger charge is -2.17. The van der Waals surface area contributed by atoms with E-state index in [9.17, 15) is 4.39 Å². The Balaban J connectivity index is 2.64. The topological polar surface area (TPSA) is 58.3 Å². The second-order valence-electron chi connectivity index (χ2n) is 3.87. The molecule has 84 valence electrons. The Morgan fingerprint density at radius 3 is 2.67 bits per heavy atom. The van der Waals surface area contributed by atoms with Crippen LogP contribution >= 0.6 is 0 Å². The van der Waals surface area contributed by atoms with Gasteiger partial charge >= 0.3 is 0 Å². The zero-order chi connectivity index (χ0) is 11.4. The molecule has 0 bridgehead atoms. The molecule has 4 N–H and O–H groups in total. The molecular formula is C11H17FN2O. The average molecular weight is 212 g/mol. The summed E-state index contributed by atoms with van der Waals surface area (Å²) in [6.07, 6.45) is 0.174. The molecule has 3 nitrogen and oxygen atoms in total. The van der Waals surface area contributed by atoms with Crippen molar-refractivity contribution in [1.29, 1.82) is 0 Å². The van der Waals surface area contributed by atoms with E-state index in [2.05, 4.69) is 5.32 Å². The minimum absolute atomic E-state index is 0.0168. The molecule has 1 aromatic rings. The normalized spacial score (nSPS) is 14.7. The lowest BCUT2D eigenvalue weighted by Crippen LogP contribution is -2.21. The number of hydrogen-bond donors (Lipinski definition) is 3. The number of nitrogen functional groups attached to an aromatic ring is 1. The van der Waals surface area contributed by atoms with Crippen LogP contribution in [0.2, 0.25) is 0 Å². The first-order chi connectivity index (χ1) is 6.99. The molecule has 0 aliphatic heterocycles. The SMILES string of the molecule is CC(O)CC(C)Nc1ccc(N)cc1F. The van der Waals surface area contributed by atoms with Crippen LogP contribution in [0, 0.1) is 5.82 Å². The van der Waals surface area contributed by atoms with Crippen molar-refractivity contribution in [3.63, 3.8) is 0 Å². The molecule has 0 aliphatic carbocycles. The molecule has 1 aromatic carbocycles. The highest BCUT2D eigenvalue weighted by atomic mass is 19.1. The van der Waals surface area contributed by atoms with Crippen molar-refractivity contribution in [1.82, 2.24) is 0 Å². The van der Waals surface area contributed by atoms with E-state index >= 15 is 0 Å². The van der Waals surface area contributed by atoms with Crippen LogP contribution in [0.4, 0.5) is 15.8 Å². The van der Waals surface area contributed by atoms with Crippen LogP contribution in [0.1, 0.15) is 20.3 Å². The van der Waals surface area contributed by atoms with Crippen LogP contribution < -0.4 is 11.1 Å². The van der Waals surface area contributed by atoms with E-state index in [0.29, 0.717) is 17.8 Å². The van der Waals surface area contributed by atoms with Crippen molar-refractivity contribution in [3.8, 4) is 0 Å². The highest BCUT2D eigenvalue weighted by Gasteiger charge is 2.08. The summed E-state index contributed by atoms with van der Waals surface area (Å²) in [5, 5.41) is 12.1. The Labute approximate surface area is 89.1 Å². The summed E-state index contributed by atoms with van der Waals surface area (Å²) in [6.45, 7) is 3.60. The summed E-state index contributed by atoms with van der Waals surface area (Å²) in [5.74, 6) is -0.368. The number of benzene rings is 1. The third-order valence-corrected chi connectivity index (χ3v) is 2.09. The van der Waals surface area contributed by atoms with Crippen molar-refractivity contribution < 1.29 is 9.50 Å². The molecule has 15 heavy (non-hydrogen) atoms. The van der Waals surface area contributed by atoms with Crippen molar-refractivity contribution in [3.05, 3.63) is 24.0 Å². The Bertz CT molecular complexity index is 328. The predicted molar refractivity (Wildman–Crippen MR) is 60.2 cm³/mol. The van der Waals surface area contributed by atoms with Gasteiger partial charge in [0.1, 0.15) is 5.82 Å². The number of aliphatic hydroxyl groups is 1. The summed E-state index contributed by atoms with van der Waals surface area (Å²) < 4.78 is 13.3. The predicted octanol–water partition coefficient (Wildman–Crippen LogP) is 1.98. The third kappa shape index (κ3) is 3.75. The summed E-state index contributed by atoms with van der Waals surface area (Å²) in [5.41, 5.74) is 6.25. The molecule has 2 atom stereocenters. The third-order valence-electron chi connectivity index (χ3n) is 2.09. The number of hydrogen-bond acceptors (Lipinski definition) is 3. The number of rotatable bonds is 4. The molecule has 0 amide bonds. The fourth-order valence-electron chi connectivity index (χ4n) is 1.48. The maximum Gasteiger partial charge on any atom is 0.148 e. The number of anilines is 2. The average Bonchev–Trinajstić information content (AvgIpc) is 2.08. The van der Waals surface area contributed by atoms with Crippen molar-refractivity contribution in [2.24, 2.45) is 0 Å². The number of halogens is 1. The molecule has 0 heterocycles. The monoisotopic (exact) mass is 212 g/mol. The van der Waals surface area contributed by atoms with Gasteiger partial charge in [0.05, 0.1) is 11.8 Å². The molecule has 2 unspecified atom stereocenters. The first-order valence-electron chi connectivity index (χ1n) is 4.98. The van der Waals surface area contributed by atoms with Gasteiger partial charge in [-0.05, 0) is 38.5 Å². The smallest absolute Gasteiger partial charge is 0.148 e. The molecule has 0 spiro atoms. The first kappa shape index (κ1) is 11.8. The summed E-state index contributed by atoms with van der Waals surface area (Å²) in [6, 6.07) is 4.53. The lowest BCUT2D eigenvalue weighted by molar-refractivity contribution is 0.179. The van der Waals surface area contributed by atoms with E-state index in [1.165, 1.54) is 6.07 Å². The van der Waals surface area contributed by atoms with Gasteiger partial charge in [-0.3, -0.25) is 0 Å². The Kier molecular flexibility index (Phi) is 3.91. The van der Waals surface area contributed by atoms with E-state index in [1.54, 1.807) is 19.1 Å². The lowest BCUT2D eigenvalue weighted by atomic mass is 10.1. The van der Waals surface area contributed by atoms with Crippen LogP contribution in [-0.2, 0) is 0 Å². The van der Waals surface area contributed by atoms with E-state index in [4.69, 9.17) is 10.8 Å². The van der Waals surface area contributed by atoms with E-state index in [1.807, 2.05) is 6.92 Å². The maximum absolute atomic E-state index is 13.3. The van der Waals surface area contributed by atoms with Gasteiger partial charge in [-0.1, -0.05) is 0 Å². The molecule has 1 rings (SSSR count). The fourth-order valence-corrected chi connectivity index (χ4v) is 1.48. The van der Waals surface area contributed by atoms with E-state index < -0.39 is 6.10 Å². The van der Waals surface area contributed by atoms with Crippen LogP contribution in [0.25, 0.3) is 0 Å². The van der Waals surface area contributed by atoms with Gasteiger partial charge in [-0.15, -0.1) is 0 Å². The molecule has 4 heteroatoms. The highest BCUT2D eigenvalue weighted by molar-refractivity contribution is 5.53. The molecular weight excluding hydrogens is 195 g/mol. The van der Waals surface area contributed by atoms with Gasteiger partial charge in [0.25, 0.3) is 0 Å². The second-order valence-corrected chi connectivity index (χ2v) is 3.87. The van der Waals surface area contributed by atoms with Crippen LogP contribution in [-0.4, -0.2) is 17.3 Å². The van der Waals surface area contributed by atoms with Gasteiger partial charge in [-0.25, -0.2) is 4.39 Å². The molecule has 0 fully saturated rings.